The molecule has 2 rings (SSSR count). The molecule has 6 heteroatoms. The zero-order chi connectivity index (χ0) is 13.0. The topological polar surface area (TPSA) is 63.1 Å². The number of carbonyl (C=O) groups is 1. The summed E-state index contributed by atoms with van der Waals surface area (Å²) in [6, 6.07) is 3.75. The van der Waals surface area contributed by atoms with Crippen molar-refractivity contribution in [3.05, 3.63) is 36.9 Å². The fraction of sp³-hybridized carbons (Fsp3) is 0.250. The van der Waals surface area contributed by atoms with Crippen LogP contribution in [-0.2, 0) is 11.3 Å². The van der Waals surface area contributed by atoms with E-state index in [9.17, 15) is 4.79 Å². The number of hydrogen-bond donors (Lipinski definition) is 1. The van der Waals surface area contributed by atoms with Crippen LogP contribution in [0.3, 0.4) is 0 Å². The smallest absolute Gasteiger partial charge is 0.244 e. The summed E-state index contributed by atoms with van der Waals surface area (Å²) in [4.78, 5) is 21.7. The van der Waals surface area contributed by atoms with Crippen LogP contribution in [0.15, 0.2) is 36.9 Å². The first kappa shape index (κ1) is 12.1. The van der Waals surface area contributed by atoms with E-state index in [2.05, 4.69) is 15.3 Å². The van der Waals surface area contributed by atoms with Gasteiger partial charge in [0, 0.05) is 26.5 Å². The molecule has 0 bridgehead atoms. The Bertz CT molecular complexity index is 504. The van der Waals surface area contributed by atoms with E-state index >= 15 is 0 Å². The predicted octanol–water partition coefficient (Wildman–Crippen LogP) is 0.983. The lowest BCUT2D eigenvalue weighted by molar-refractivity contribution is -0.116. The third-order valence-corrected chi connectivity index (χ3v) is 2.31. The van der Waals surface area contributed by atoms with Gasteiger partial charge in [-0.15, -0.1) is 0 Å². The molecule has 0 unspecified atom stereocenters. The molecule has 2 aromatic heterocycles. The van der Waals surface area contributed by atoms with Crippen molar-refractivity contribution in [2.45, 2.75) is 6.54 Å². The maximum absolute atomic E-state index is 11.7. The first-order valence-electron chi connectivity index (χ1n) is 5.55. The van der Waals surface area contributed by atoms with E-state index < -0.39 is 0 Å². The fourth-order valence-corrected chi connectivity index (χ4v) is 1.46. The molecular formula is C12H15N5O. The van der Waals surface area contributed by atoms with Crippen molar-refractivity contribution >= 4 is 17.5 Å². The molecule has 0 saturated heterocycles. The quantitative estimate of drug-likeness (QED) is 0.872. The highest BCUT2D eigenvalue weighted by Crippen LogP contribution is 2.07. The molecule has 0 aliphatic rings. The molecule has 0 aliphatic heterocycles. The van der Waals surface area contributed by atoms with Gasteiger partial charge in [0.05, 0.1) is 18.1 Å². The normalized spacial score (nSPS) is 10.1. The Morgan fingerprint density at radius 3 is 2.44 bits per heavy atom. The largest absolute Gasteiger partial charge is 0.347 e. The first-order chi connectivity index (χ1) is 8.65. The number of carbonyl (C=O) groups excluding carboxylic acids is 1. The van der Waals surface area contributed by atoms with E-state index in [0.717, 1.165) is 0 Å². The Balaban J connectivity index is 1.95. The summed E-state index contributed by atoms with van der Waals surface area (Å²) in [5.41, 5.74) is 0.595. The second kappa shape index (κ2) is 5.31. The third kappa shape index (κ3) is 3.07. The molecule has 0 saturated carbocycles. The number of amides is 1. The van der Waals surface area contributed by atoms with Crippen molar-refractivity contribution in [3.8, 4) is 0 Å². The minimum Gasteiger partial charge on any atom is -0.347 e. The summed E-state index contributed by atoms with van der Waals surface area (Å²) in [6.45, 7) is 0.280. The summed E-state index contributed by atoms with van der Waals surface area (Å²) in [7, 11) is 3.72. The molecule has 1 amide bonds. The van der Waals surface area contributed by atoms with Crippen LogP contribution in [0, 0.1) is 0 Å². The van der Waals surface area contributed by atoms with Crippen LogP contribution in [0.4, 0.5) is 11.6 Å². The monoisotopic (exact) mass is 245 g/mol. The fourth-order valence-electron chi connectivity index (χ4n) is 1.46. The molecule has 6 nitrogen and oxygen atoms in total. The lowest BCUT2D eigenvalue weighted by Crippen LogP contribution is -2.18. The molecular weight excluding hydrogens is 230 g/mol. The molecule has 0 radical (unpaired) electrons. The van der Waals surface area contributed by atoms with E-state index in [-0.39, 0.29) is 12.5 Å². The maximum Gasteiger partial charge on any atom is 0.244 e. The summed E-state index contributed by atoms with van der Waals surface area (Å²) in [5.74, 6) is 0.505. The summed E-state index contributed by atoms with van der Waals surface area (Å²) >= 11 is 0. The van der Waals surface area contributed by atoms with Crippen molar-refractivity contribution in [3.63, 3.8) is 0 Å². The standard InChI is InChI=1S/C12H15N5O/c1-16(2)12-13-7-10(8-14-12)15-11(18)9-17-5-3-4-6-17/h3-8H,9H2,1-2H3,(H,15,18). The van der Waals surface area contributed by atoms with E-state index in [1.807, 2.05) is 38.6 Å². The van der Waals surface area contributed by atoms with Crippen LogP contribution in [0.5, 0.6) is 0 Å². The van der Waals surface area contributed by atoms with E-state index in [1.54, 1.807) is 21.9 Å². The number of nitrogens with zero attached hydrogens (tertiary/aromatic N) is 4. The lowest BCUT2D eigenvalue weighted by Gasteiger charge is -2.10. The van der Waals surface area contributed by atoms with E-state index in [0.29, 0.717) is 11.6 Å². The van der Waals surface area contributed by atoms with Gasteiger partial charge in [-0.3, -0.25) is 4.79 Å². The molecule has 0 fully saturated rings. The molecule has 1 N–H and O–H groups in total. The highest BCUT2D eigenvalue weighted by atomic mass is 16.1. The molecule has 0 atom stereocenters. The van der Waals surface area contributed by atoms with Crippen molar-refractivity contribution in [1.29, 1.82) is 0 Å². The molecule has 2 heterocycles. The second-order valence-corrected chi connectivity index (χ2v) is 4.07. The summed E-state index contributed by atoms with van der Waals surface area (Å²) in [5, 5.41) is 2.74. The van der Waals surface area contributed by atoms with Gasteiger partial charge in [0.25, 0.3) is 0 Å². The maximum atomic E-state index is 11.7. The Morgan fingerprint density at radius 2 is 1.89 bits per heavy atom. The van der Waals surface area contributed by atoms with Crippen LogP contribution in [0.1, 0.15) is 0 Å². The SMILES string of the molecule is CN(C)c1ncc(NC(=O)Cn2cccc2)cn1. The van der Waals surface area contributed by atoms with Gasteiger partial charge in [0.1, 0.15) is 6.54 Å². The molecule has 94 valence electrons. The van der Waals surface area contributed by atoms with Gasteiger partial charge >= 0.3 is 0 Å². The molecule has 0 spiro atoms. The Hall–Kier alpha value is -2.37. The van der Waals surface area contributed by atoms with Crippen molar-refractivity contribution in [1.82, 2.24) is 14.5 Å². The van der Waals surface area contributed by atoms with Gasteiger partial charge in [-0.1, -0.05) is 0 Å². The second-order valence-electron chi connectivity index (χ2n) is 4.07. The van der Waals surface area contributed by atoms with Crippen LogP contribution < -0.4 is 10.2 Å². The van der Waals surface area contributed by atoms with Crippen molar-refractivity contribution in [2.75, 3.05) is 24.3 Å². The molecule has 2 aromatic rings. The van der Waals surface area contributed by atoms with Crippen molar-refractivity contribution < 1.29 is 4.79 Å². The van der Waals surface area contributed by atoms with Crippen LogP contribution >= 0.6 is 0 Å². The summed E-state index contributed by atoms with van der Waals surface area (Å²) in [6.07, 6.45) is 6.86. The van der Waals surface area contributed by atoms with Gasteiger partial charge < -0.3 is 14.8 Å². The van der Waals surface area contributed by atoms with E-state index in [4.69, 9.17) is 0 Å². The molecule has 0 aromatic carbocycles. The predicted molar refractivity (Wildman–Crippen MR) is 69.4 cm³/mol. The Labute approximate surface area is 105 Å². The minimum atomic E-state index is -0.104. The third-order valence-electron chi connectivity index (χ3n) is 2.31. The van der Waals surface area contributed by atoms with Gasteiger partial charge in [-0.25, -0.2) is 9.97 Å². The lowest BCUT2D eigenvalue weighted by atomic mass is 10.5. The zero-order valence-corrected chi connectivity index (χ0v) is 10.4. The van der Waals surface area contributed by atoms with Gasteiger partial charge in [0.15, 0.2) is 0 Å². The van der Waals surface area contributed by atoms with Crippen LogP contribution in [0.25, 0.3) is 0 Å². The first-order valence-corrected chi connectivity index (χ1v) is 5.55. The molecule has 0 aliphatic carbocycles. The van der Waals surface area contributed by atoms with Crippen LogP contribution in [-0.4, -0.2) is 34.5 Å². The van der Waals surface area contributed by atoms with Gasteiger partial charge in [-0.05, 0) is 12.1 Å². The van der Waals surface area contributed by atoms with Gasteiger partial charge in [0.2, 0.25) is 11.9 Å². The van der Waals surface area contributed by atoms with Crippen LogP contribution in [0.2, 0.25) is 0 Å². The number of hydrogen-bond acceptors (Lipinski definition) is 4. The average molecular weight is 245 g/mol. The molecule has 18 heavy (non-hydrogen) atoms. The Kier molecular flexibility index (Phi) is 3.57. The Morgan fingerprint density at radius 1 is 1.28 bits per heavy atom. The van der Waals surface area contributed by atoms with Gasteiger partial charge in [-0.2, -0.15) is 0 Å². The number of nitrogens with one attached hydrogen (secondary N) is 1. The summed E-state index contributed by atoms with van der Waals surface area (Å²) < 4.78 is 1.80. The van der Waals surface area contributed by atoms with Crippen molar-refractivity contribution in [2.24, 2.45) is 0 Å². The van der Waals surface area contributed by atoms with E-state index in [1.165, 1.54) is 0 Å². The number of aromatic nitrogens is 3. The average Bonchev–Trinajstić information content (AvgIpc) is 2.82. The minimum absolute atomic E-state index is 0.104. The highest BCUT2D eigenvalue weighted by Gasteiger charge is 2.04. The highest BCUT2D eigenvalue weighted by molar-refractivity contribution is 5.90. The number of anilines is 2. The zero-order valence-electron chi connectivity index (χ0n) is 10.4. The number of rotatable bonds is 4.